The number of piperidine rings is 1. The number of sulfonamides is 1. The van der Waals surface area contributed by atoms with Crippen molar-refractivity contribution in [3.8, 4) is 0 Å². The normalized spacial score (nSPS) is 20.7. The standard InChI is InChI=1S/C20H29NO4SSi/c1-7-25-20(22)19-12-17(14-27(4,5)6)16(3)13-21(19)26(23,24)18-10-8-15(2)9-11-18/h8-11,14,19H,3,7,12-13H2,1-2,4-6H3/b17-14+. The van der Waals surface area contributed by atoms with Gasteiger partial charge in [-0.3, -0.25) is 4.79 Å². The largest absolute Gasteiger partial charge is 0.465 e. The fourth-order valence-corrected chi connectivity index (χ4v) is 6.02. The lowest BCUT2D eigenvalue weighted by Gasteiger charge is -2.36. The minimum absolute atomic E-state index is 0.0933. The Labute approximate surface area is 163 Å². The van der Waals surface area contributed by atoms with Gasteiger partial charge >= 0.3 is 5.97 Å². The molecule has 1 unspecified atom stereocenters. The number of hydrogen-bond donors (Lipinski definition) is 0. The number of carbonyl (C=O) groups excluding carboxylic acids is 1. The summed E-state index contributed by atoms with van der Waals surface area (Å²) in [5.74, 6) is -0.512. The van der Waals surface area contributed by atoms with Gasteiger partial charge in [0.15, 0.2) is 0 Å². The lowest BCUT2D eigenvalue weighted by Crippen LogP contribution is -2.50. The first kappa shape index (κ1) is 21.6. The van der Waals surface area contributed by atoms with E-state index in [0.29, 0.717) is 6.42 Å². The molecule has 0 N–H and O–H groups in total. The summed E-state index contributed by atoms with van der Waals surface area (Å²) in [5.41, 5.74) is 4.88. The van der Waals surface area contributed by atoms with E-state index in [1.165, 1.54) is 4.31 Å². The van der Waals surface area contributed by atoms with Crippen LogP contribution in [-0.2, 0) is 19.6 Å². The summed E-state index contributed by atoms with van der Waals surface area (Å²) in [4.78, 5) is 12.8. The summed E-state index contributed by atoms with van der Waals surface area (Å²) in [6, 6.07) is 5.78. The zero-order chi connectivity index (χ0) is 20.4. The molecule has 1 atom stereocenters. The van der Waals surface area contributed by atoms with E-state index >= 15 is 0 Å². The van der Waals surface area contributed by atoms with Crippen LogP contribution in [0.3, 0.4) is 0 Å². The van der Waals surface area contributed by atoms with Crippen molar-refractivity contribution in [2.75, 3.05) is 13.2 Å². The lowest BCUT2D eigenvalue weighted by molar-refractivity contribution is -0.147. The first-order chi connectivity index (χ1) is 12.5. The number of rotatable bonds is 5. The quantitative estimate of drug-likeness (QED) is 0.552. The van der Waals surface area contributed by atoms with Crippen LogP contribution in [0.2, 0.25) is 19.6 Å². The molecular weight excluding hydrogens is 378 g/mol. The summed E-state index contributed by atoms with van der Waals surface area (Å²) in [5, 5.41) is 0. The zero-order valence-corrected chi connectivity index (χ0v) is 18.6. The SMILES string of the molecule is C=C1CN(S(=O)(=O)c2ccc(C)cc2)C(C(=O)OCC)C/C1=C\[Si](C)(C)C. The number of aryl methyl sites for hydroxylation is 1. The molecule has 1 heterocycles. The molecule has 0 amide bonds. The van der Waals surface area contributed by atoms with Crippen molar-refractivity contribution in [1.82, 2.24) is 4.31 Å². The third kappa shape index (κ3) is 5.18. The van der Waals surface area contributed by atoms with Crippen LogP contribution in [0.5, 0.6) is 0 Å². The zero-order valence-electron chi connectivity index (χ0n) is 16.8. The maximum absolute atomic E-state index is 13.2. The molecule has 0 radical (unpaired) electrons. The Kier molecular flexibility index (Phi) is 6.50. The highest BCUT2D eigenvalue weighted by Gasteiger charge is 2.41. The van der Waals surface area contributed by atoms with Crippen LogP contribution < -0.4 is 0 Å². The Morgan fingerprint density at radius 2 is 1.89 bits per heavy atom. The van der Waals surface area contributed by atoms with Crippen LogP contribution >= 0.6 is 0 Å². The summed E-state index contributed by atoms with van der Waals surface area (Å²) < 4.78 is 32.9. The van der Waals surface area contributed by atoms with E-state index in [1.807, 2.05) is 6.92 Å². The Balaban J connectivity index is 2.47. The molecule has 0 bridgehead atoms. The summed E-state index contributed by atoms with van der Waals surface area (Å²) in [7, 11) is -5.39. The molecule has 0 aliphatic carbocycles. The number of hydrogen-bond acceptors (Lipinski definition) is 4. The van der Waals surface area contributed by atoms with Gasteiger partial charge in [-0.15, -0.1) is 0 Å². The fraction of sp³-hybridized carbons (Fsp3) is 0.450. The summed E-state index contributed by atoms with van der Waals surface area (Å²) in [6.45, 7) is 14.6. The summed E-state index contributed by atoms with van der Waals surface area (Å²) in [6.07, 6.45) is 0.299. The molecule has 1 saturated heterocycles. The Morgan fingerprint density at radius 3 is 2.41 bits per heavy atom. The topological polar surface area (TPSA) is 63.7 Å². The van der Waals surface area contributed by atoms with Crippen molar-refractivity contribution in [2.24, 2.45) is 0 Å². The van der Waals surface area contributed by atoms with Crippen LogP contribution in [-0.4, -0.2) is 46.0 Å². The van der Waals surface area contributed by atoms with E-state index in [0.717, 1.165) is 16.7 Å². The second-order valence-electron chi connectivity index (χ2n) is 7.97. The number of ether oxygens (including phenoxy) is 1. The van der Waals surface area contributed by atoms with Gasteiger partial charge in [-0.2, -0.15) is 4.31 Å². The predicted molar refractivity (Wildman–Crippen MR) is 111 cm³/mol. The van der Waals surface area contributed by atoms with E-state index in [4.69, 9.17) is 4.74 Å². The van der Waals surface area contributed by atoms with Crippen molar-refractivity contribution in [1.29, 1.82) is 0 Å². The van der Waals surface area contributed by atoms with Crippen molar-refractivity contribution in [3.05, 3.63) is 53.3 Å². The van der Waals surface area contributed by atoms with Crippen LogP contribution in [0.4, 0.5) is 0 Å². The van der Waals surface area contributed by atoms with Gasteiger partial charge in [0.2, 0.25) is 10.0 Å². The lowest BCUT2D eigenvalue weighted by atomic mass is 9.96. The van der Waals surface area contributed by atoms with Gasteiger partial charge < -0.3 is 4.74 Å². The molecule has 1 fully saturated rings. The molecule has 1 aliphatic heterocycles. The highest BCUT2D eigenvalue weighted by molar-refractivity contribution is 7.89. The fourth-order valence-electron chi connectivity index (χ4n) is 3.08. The first-order valence-electron chi connectivity index (χ1n) is 9.10. The van der Waals surface area contributed by atoms with Gasteiger partial charge in [0.05, 0.1) is 19.6 Å². The van der Waals surface area contributed by atoms with E-state index in [1.54, 1.807) is 31.2 Å². The van der Waals surface area contributed by atoms with Gasteiger partial charge in [-0.1, -0.05) is 49.6 Å². The van der Waals surface area contributed by atoms with Crippen molar-refractivity contribution in [2.45, 2.75) is 50.8 Å². The van der Waals surface area contributed by atoms with E-state index in [2.05, 4.69) is 31.9 Å². The van der Waals surface area contributed by atoms with Gasteiger partial charge in [0, 0.05) is 6.54 Å². The minimum Gasteiger partial charge on any atom is -0.465 e. The minimum atomic E-state index is -3.84. The number of carbonyl (C=O) groups is 1. The van der Waals surface area contributed by atoms with Gasteiger partial charge in [0.1, 0.15) is 6.04 Å². The molecule has 7 heteroatoms. The Hall–Kier alpha value is -1.70. The molecule has 2 rings (SSSR count). The second-order valence-corrected chi connectivity index (χ2v) is 14.9. The van der Waals surface area contributed by atoms with Crippen LogP contribution in [0, 0.1) is 6.92 Å². The Bertz CT molecular complexity index is 851. The summed E-state index contributed by atoms with van der Waals surface area (Å²) >= 11 is 0. The third-order valence-corrected chi connectivity index (χ3v) is 7.44. The third-order valence-electron chi connectivity index (χ3n) is 4.36. The number of nitrogens with zero attached hydrogens (tertiary/aromatic N) is 1. The molecule has 0 aromatic heterocycles. The van der Waals surface area contributed by atoms with Crippen LogP contribution in [0.1, 0.15) is 18.9 Å². The molecule has 1 aromatic rings. The van der Waals surface area contributed by atoms with Crippen molar-refractivity contribution < 1.29 is 17.9 Å². The molecule has 1 aliphatic rings. The second kappa shape index (κ2) is 8.12. The predicted octanol–water partition coefficient (Wildman–Crippen LogP) is 3.68. The molecule has 27 heavy (non-hydrogen) atoms. The van der Waals surface area contributed by atoms with Gasteiger partial charge in [-0.25, -0.2) is 8.42 Å². The highest BCUT2D eigenvalue weighted by Crippen LogP contribution is 2.32. The molecular formula is C20H29NO4SSi. The highest BCUT2D eigenvalue weighted by atomic mass is 32.2. The molecule has 0 spiro atoms. The molecule has 148 valence electrons. The maximum atomic E-state index is 13.2. The first-order valence-corrected chi connectivity index (χ1v) is 14.1. The molecule has 5 nitrogen and oxygen atoms in total. The maximum Gasteiger partial charge on any atom is 0.324 e. The van der Waals surface area contributed by atoms with Crippen LogP contribution in [0.15, 0.2) is 52.6 Å². The van der Waals surface area contributed by atoms with E-state index < -0.39 is 30.1 Å². The van der Waals surface area contributed by atoms with E-state index in [-0.39, 0.29) is 18.0 Å². The smallest absolute Gasteiger partial charge is 0.324 e. The van der Waals surface area contributed by atoms with Gasteiger partial charge in [0.25, 0.3) is 0 Å². The van der Waals surface area contributed by atoms with Gasteiger partial charge in [-0.05, 0) is 43.5 Å². The number of benzene rings is 1. The average Bonchev–Trinajstić information content (AvgIpc) is 2.55. The molecule has 1 aromatic carbocycles. The monoisotopic (exact) mass is 407 g/mol. The van der Waals surface area contributed by atoms with Crippen molar-refractivity contribution >= 4 is 24.1 Å². The molecule has 0 saturated carbocycles. The van der Waals surface area contributed by atoms with E-state index in [9.17, 15) is 13.2 Å². The average molecular weight is 408 g/mol. The Morgan fingerprint density at radius 1 is 1.30 bits per heavy atom. The van der Waals surface area contributed by atoms with Crippen molar-refractivity contribution in [3.63, 3.8) is 0 Å². The number of esters is 1. The van der Waals surface area contributed by atoms with Crippen LogP contribution in [0.25, 0.3) is 0 Å².